The van der Waals surface area contributed by atoms with Crippen LogP contribution in [0, 0.1) is 6.92 Å². The molecule has 0 fully saturated rings. The lowest BCUT2D eigenvalue weighted by molar-refractivity contribution is -0.118. The Labute approximate surface area is 159 Å². The number of carbonyl (C=O) groups is 1. The molecule has 0 radical (unpaired) electrons. The quantitative estimate of drug-likeness (QED) is 0.636. The molecule has 138 valence electrons. The highest BCUT2D eigenvalue weighted by molar-refractivity contribution is 5.91. The molecule has 0 aliphatic carbocycles. The predicted octanol–water partition coefficient (Wildman–Crippen LogP) is 4.63. The van der Waals surface area contributed by atoms with E-state index in [1.165, 1.54) is 5.56 Å². The molecular weight excluding hydrogens is 338 g/mol. The van der Waals surface area contributed by atoms with E-state index in [-0.39, 0.29) is 12.5 Å². The van der Waals surface area contributed by atoms with Gasteiger partial charge < -0.3 is 14.8 Å². The van der Waals surface area contributed by atoms with Crippen molar-refractivity contribution in [2.45, 2.75) is 13.3 Å². The summed E-state index contributed by atoms with van der Waals surface area (Å²) in [5, 5.41) is 2.82. The maximum absolute atomic E-state index is 12.0. The van der Waals surface area contributed by atoms with Gasteiger partial charge in [0, 0.05) is 12.1 Å². The molecule has 0 saturated carbocycles. The summed E-state index contributed by atoms with van der Waals surface area (Å²) in [6, 6.07) is 25.2. The zero-order valence-corrected chi connectivity index (χ0v) is 15.4. The van der Waals surface area contributed by atoms with Gasteiger partial charge in [0.05, 0.1) is 6.61 Å². The number of anilines is 1. The van der Waals surface area contributed by atoms with Crippen molar-refractivity contribution < 1.29 is 14.3 Å². The van der Waals surface area contributed by atoms with Crippen molar-refractivity contribution in [3.63, 3.8) is 0 Å². The normalized spacial score (nSPS) is 10.3. The van der Waals surface area contributed by atoms with Crippen molar-refractivity contribution in [2.24, 2.45) is 0 Å². The predicted molar refractivity (Wildman–Crippen MR) is 107 cm³/mol. The number of benzene rings is 3. The van der Waals surface area contributed by atoms with E-state index in [0.29, 0.717) is 18.0 Å². The van der Waals surface area contributed by atoms with Crippen molar-refractivity contribution in [3.05, 3.63) is 90.0 Å². The molecular formula is C23H23NO3. The average Bonchev–Trinajstić information content (AvgIpc) is 2.69. The Hall–Kier alpha value is -3.27. The van der Waals surface area contributed by atoms with Gasteiger partial charge >= 0.3 is 0 Å². The largest absolute Gasteiger partial charge is 0.493 e. The maximum Gasteiger partial charge on any atom is 0.262 e. The van der Waals surface area contributed by atoms with E-state index in [2.05, 4.69) is 17.4 Å². The third kappa shape index (κ3) is 6.19. The maximum atomic E-state index is 12.0. The third-order valence-electron chi connectivity index (χ3n) is 4.00. The van der Waals surface area contributed by atoms with Crippen molar-refractivity contribution in [3.8, 4) is 11.5 Å². The Morgan fingerprint density at radius 3 is 2.37 bits per heavy atom. The van der Waals surface area contributed by atoms with Crippen LogP contribution in [0.25, 0.3) is 0 Å². The van der Waals surface area contributed by atoms with Gasteiger partial charge in [0.15, 0.2) is 6.61 Å². The monoisotopic (exact) mass is 361 g/mol. The summed E-state index contributed by atoms with van der Waals surface area (Å²) in [5.74, 6) is 1.27. The lowest BCUT2D eigenvalue weighted by atomic mass is 10.2. The number of hydrogen-bond donors (Lipinski definition) is 1. The molecule has 3 rings (SSSR count). The summed E-state index contributed by atoms with van der Waals surface area (Å²) in [4.78, 5) is 12.0. The summed E-state index contributed by atoms with van der Waals surface area (Å²) in [6.45, 7) is 2.56. The van der Waals surface area contributed by atoms with Crippen LogP contribution < -0.4 is 14.8 Å². The Balaban J connectivity index is 1.42. The van der Waals surface area contributed by atoms with E-state index < -0.39 is 0 Å². The summed E-state index contributed by atoms with van der Waals surface area (Å²) < 4.78 is 11.3. The van der Waals surface area contributed by atoms with Crippen molar-refractivity contribution in [1.29, 1.82) is 0 Å². The molecule has 0 bridgehead atoms. The van der Waals surface area contributed by atoms with Crippen LogP contribution in [0.1, 0.15) is 11.1 Å². The van der Waals surface area contributed by atoms with Gasteiger partial charge in [0.25, 0.3) is 5.91 Å². The van der Waals surface area contributed by atoms with Crippen LogP contribution in [-0.4, -0.2) is 19.1 Å². The molecule has 3 aromatic rings. The molecule has 0 atom stereocenters. The first kappa shape index (κ1) is 18.5. The van der Waals surface area contributed by atoms with Gasteiger partial charge in [-0.1, -0.05) is 42.5 Å². The molecule has 0 heterocycles. The lowest BCUT2D eigenvalue weighted by Gasteiger charge is -2.09. The fourth-order valence-electron chi connectivity index (χ4n) is 2.62. The van der Waals surface area contributed by atoms with Crippen LogP contribution in [0.2, 0.25) is 0 Å². The molecule has 0 aliphatic rings. The van der Waals surface area contributed by atoms with Gasteiger partial charge in [0.2, 0.25) is 0 Å². The first-order chi connectivity index (χ1) is 13.2. The van der Waals surface area contributed by atoms with E-state index in [0.717, 1.165) is 17.7 Å². The fraction of sp³-hybridized carbons (Fsp3) is 0.174. The smallest absolute Gasteiger partial charge is 0.262 e. The Morgan fingerprint density at radius 2 is 1.63 bits per heavy atom. The fourth-order valence-corrected chi connectivity index (χ4v) is 2.62. The van der Waals surface area contributed by atoms with Gasteiger partial charge in [-0.15, -0.1) is 0 Å². The molecule has 0 aliphatic heterocycles. The molecule has 4 nitrogen and oxygen atoms in total. The second-order valence-corrected chi connectivity index (χ2v) is 6.26. The molecule has 0 aromatic heterocycles. The Morgan fingerprint density at radius 1 is 0.852 bits per heavy atom. The van der Waals surface area contributed by atoms with Crippen molar-refractivity contribution >= 4 is 11.6 Å². The SMILES string of the molecule is Cc1cccc(OCC(=O)Nc2ccc(OCCc3ccccc3)cc2)c1. The summed E-state index contributed by atoms with van der Waals surface area (Å²) in [5.41, 5.74) is 3.05. The third-order valence-corrected chi connectivity index (χ3v) is 4.00. The molecule has 0 saturated heterocycles. The summed E-state index contributed by atoms with van der Waals surface area (Å²) in [6.07, 6.45) is 0.857. The first-order valence-corrected chi connectivity index (χ1v) is 8.95. The van der Waals surface area contributed by atoms with Crippen LogP contribution in [0.15, 0.2) is 78.9 Å². The first-order valence-electron chi connectivity index (χ1n) is 8.95. The van der Waals surface area contributed by atoms with Crippen LogP contribution in [0.5, 0.6) is 11.5 Å². The van der Waals surface area contributed by atoms with E-state index in [1.54, 1.807) is 0 Å². The molecule has 27 heavy (non-hydrogen) atoms. The molecule has 0 spiro atoms. The molecule has 1 amide bonds. The second kappa shape index (κ2) is 9.43. The zero-order chi connectivity index (χ0) is 18.9. The summed E-state index contributed by atoms with van der Waals surface area (Å²) in [7, 11) is 0. The van der Waals surface area contributed by atoms with Crippen molar-refractivity contribution in [1.82, 2.24) is 0 Å². The van der Waals surface area contributed by atoms with E-state index in [1.807, 2.05) is 73.7 Å². The van der Waals surface area contributed by atoms with Gasteiger partial charge in [-0.3, -0.25) is 4.79 Å². The highest BCUT2D eigenvalue weighted by Crippen LogP contribution is 2.17. The minimum absolute atomic E-state index is 0.0290. The van der Waals surface area contributed by atoms with Gasteiger partial charge in [-0.2, -0.15) is 0 Å². The van der Waals surface area contributed by atoms with E-state index in [9.17, 15) is 4.79 Å². The zero-order valence-electron chi connectivity index (χ0n) is 15.4. The number of amides is 1. The second-order valence-electron chi connectivity index (χ2n) is 6.26. The van der Waals surface area contributed by atoms with Gasteiger partial charge in [0.1, 0.15) is 11.5 Å². The van der Waals surface area contributed by atoms with Crippen LogP contribution in [0.4, 0.5) is 5.69 Å². The standard InChI is InChI=1S/C23H23NO3/c1-18-6-5-9-22(16-18)27-17-23(25)24-20-10-12-21(13-11-20)26-15-14-19-7-3-2-4-8-19/h2-13,16H,14-15,17H2,1H3,(H,24,25). The molecule has 1 N–H and O–H groups in total. The minimum atomic E-state index is -0.200. The van der Waals surface area contributed by atoms with Crippen molar-refractivity contribution in [2.75, 3.05) is 18.5 Å². The number of aryl methyl sites for hydroxylation is 1. The topological polar surface area (TPSA) is 47.6 Å². The highest BCUT2D eigenvalue weighted by Gasteiger charge is 2.04. The highest BCUT2D eigenvalue weighted by atomic mass is 16.5. The molecule has 0 unspecified atom stereocenters. The minimum Gasteiger partial charge on any atom is -0.493 e. The Bertz CT molecular complexity index is 860. The van der Waals surface area contributed by atoms with Gasteiger partial charge in [-0.25, -0.2) is 0 Å². The van der Waals surface area contributed by atoms with Crippen LogP contribution in [0.3, 0.4) is 0 Å². The molecule has 3 aromatic carbocycles. The van der Waals surface area contributed by atoms with Gasteiger partial charge in [-0.05, 0) is 54.4 Å². The number of nitrogens with one attached hydrogen (secondary N) is 1. The summed E-state index contributed by atoms with van der Waals surface area (Å²) >= 11 is 0. The number of ether oxygens (including phenoxy) is 2. The number of hydrogen-bond acceptors (Lipinski definition) is 3. The number of rotatable bonds is 8. The average molecular weight is 361 g/mol. The lowest BCUT2D eigenvalue weighted by Crippen LogP contribution is -2.20. The van der Waals surface area contributed by atoms with Crippen LogP contribution >= 0.6 is 0 Å². The number of carbonyl (C=O) groups excluding carboxylic acids is 1. The molecule has 4 heteroatoms. The Kier molecular flexibility index (Phi) is 6.47. The van der Waals surface area contributed by atoms with Crippen LogP contribution in [-0.2, 0) is 11.2 Å². The van der Waals surface area contributed by atoms with E-state index in [4.69, 9.17) is 9.47 Å². The van der Waals surface area contributed by atoms with E-state index >= 15 is 0 Å².